The maximum atomic E-state index is 5.78. The normalized spacial score (nSPS) is 19.2. The van der Waals surface area contributed by atoms with Crippen LogP contribution in [0.15, 0.2) is 146 Å². The molecule has 1 aromatic heterocycles. The molecule has 0 radical (unpaired) electrons. The van der Waals surface area contributed by atoms with Crippen molar-refractivity contribution in [2.45, 2.75) is 37.0 Å². The average molecular weight is 713 g/mol. The zero-order chi connectivity index (χ0) is 36.6. The van der Waals surface area contributed by atoms with Crippen molar-refractivity contribution in [2.24, 2.45) is 5.92 Å². The second kappa shape index (κ2) is 12.7. The monoisotopic (exact) mass is 712 g/mol. The molecule has 55 heavy (non-hydrogen) atoms. The molecule has 4 nitrogen and oxygen atoms in total. The number of rotatable bonds is 4. The van der Waals surface area contributed by atoms with Gasteiger partial charge in [-0.15, -0.1) is 0 Å². The summed E-state index contributed by atoms with van der Waals surface area (Å²) < 4.78 is 11.1. The summed E-state index contributed by atoms with van der Waals surface area (Å²) in [5.41, 5.74) is 16.2. The van der Waals surface area contributed by atoms with E-state index in [0.717, 1.165) is 62.6 Å². The number of benzene rings is 7. The van der Waals surface area contributed by atoms with Crippen LogP contribution in [0.2, 0.25) is 0 Å². The predicted molar refractivity (Wildman–Crippen MR) is 223 cm³/mol. The van der Waals surface area contributed by atoms with Crippen LogP contribution in [0.1, 0.15) is 52.8 Å². The van der Waals surface area contributed by atoms with Gasteiger partial charge in [0.05, 0.1) is 36.6 Å². The van der Waals surface area contributed by atoms with Crippen molar-refractivity contribution in [3.63, 3.8) is 0 Å². The SMILES string of the molecule is COc1ccc(-c2ccc(-c3ccc(OC)cc3)c3nc4c(nc23)-c2ccccc2C2C3CCCc5ccc6ccccc6c5C3C2c2ccccc2-4)cc1. The van der Waals surface area contributed by atoms with Crippen molar-refractivity contribution in [1.29, 1.82) is 0 Å². The van der Waals surface area contributed by atoms with Gasteiger partial charge < -0.3 is 9.47 Å². The number of aromatic nitrogens is 2. The van der Waals surface area contributed by atoms with E-state index in [9.17, 15) is 0 Å². The van der Waals surface area contributed by atoms with Crippen molar-refractivity contribution >= 4 is 21.8 Å². The van der Waals surface area contributed by atoms with E-state index in [2.05, 4.69) is 121 Å². The molecule has 1 heterocycles. The lowest BCUT2D eigenvalue weighted by Crippen LogP contribution is -2.42. The van der Waals surface area contributed by atoms with E-state index in [0.29, 0.717) is 23.7 Å². The Morgan fingerprint density at radius 2 is 1.04 bits per heavy atom. The summed E-state index contributed by atoms with van der Waals surface area (Å²) in [5.74, 6) is 3.32. The van der Waals surface area contributed by atoms with E-state index in [1.165, 1.54) is 51.4 Å². The van der Waals surface area contributed by atoms with Gasteiger partial charge >= 0.3 is 0 Å². The number of fused-ring (bicyclic) bond motifs is 16. The van der Waals surface area contributed by atoms with Crippen LogP contribution in [0.4, 0.5) is 0 Å². The molecular weight excluding hydrogens is 673 g/mol. The van der Waals surface area contributed by atoms with E-state index in [1.807, 2.05) is 24.3 Å². The fourth-order valence-corrected chi connectivity index (χ4v) is 10.4. The second-order valence-electron chi connectivity index (χ2n) is 15.4. The quantitative estimate of drug-likeness (QED) is 0.182. The van der Waals surface area contributed by atoms with E-state index >= 15 is 0 Å². The summed E-state index contributed by atoms with van der Waals surface area (Å²) in [4.78, 5) is 11.5. The molecular formula is C51H40N2O2. The molecule has 0 saturated heterocycles. The maximum Gasteiger partial charge on any atom is 0.118 e. The molecule has 8 aromatic rings. The van der Waals surface area contributed by atoms with Gasteiger partial charge in [-0.1, -0.05) is 121 Å². The largest absolute Gasteiger partial charge is 0.497 e. The lowest BCUT2D eigenvalue weighted by atomic mass is 9.48. The topological polar surface area (TPSA) is 44.2 Å². The van der Waals surface area contributed by atoms with Gasteiger partial charge in [0.25, 0.3) is 0 Å². The van der Waals surface area contributed by atoms with E-state index < -0.39 is 0 Å². The van der Waals surface area contributed by atoms with Crippen molar-refractivity contribution in [1.82, 2.24) is 9.97 Å². The van der Waals surface area contributed by atoms with Crippen LogP contribution in [-0.2, 0) is 6.42 Å². The van der Waals surface area contributed by atoms with Gasteiger partial charge in [0, 0.05) is 22.3 Å². The van der Waals surface area contributed by atoms with Crippen LogP contribution in [0, 0.1) is 5.92 Å². The zero-order valence-electron chi connectivity index (χ0n) is 31.0. The number of methoxy groups -OCH3 is 2. The third-order valence-electron chi connectivity index (χ3n) is 12.8. The molecule has 1 saturated carbocycles. The van der Waals surface area contributed by atoms with Crippen LogP contribution in [0.3, 0.4) is 0 Å². The molecule has 3 aliphatic rings. The Morgan fingerprint density at radius 3 is 1.64 bits per heavy atom. The minimum Gasteiger partial charge on any atom is -0.497 e. The Balaban J connectivity index is 1.20. The summed E-state index contributed by atoms with van der Waals surface area (Å²) >= 11 is 0. The number of nitrogens with zero attached hydrogens (tertiary/aromatic N) is 2. The first kappa shape index (κ1) is 32.2. The summed E-state index contributed by atoms with van der Waals surface area (Å²) in [5, 5.41) is 2.76. The number of aryl methyl sites for hydroxylation is 1. The fourth-order valence-electron chi connectivity index (χ4n) is 10.4. The number of hydrogen-bond acceptors (Lipinski definition) is 4. The molecule has 1 fully saturated rings. The first-order valence-electron chi connectivity index (χ1n) is 19.5. The third kappa shape index (κ3) is 4.90. The Kier molecular flexibility index (Phi) is 7.41. The summed E-state index contributed by atoms with van der Waals surface area (Å²) in [6.45, 7) is 0. The third-order valence-corrected chi connectivity index (χ3v) is 12.8. The molecule has 7 aromatic carbocycles. The van der Waals surface area contributed by atoms with Crippen molar-refractivity contribution in [2.75, 3.05) is 14.2 Å². The molecule has 0 N–H and O–H groups in total. The summed E-state index contributed by atoms with van der Waals surface area (Å²) in [7, 11) is 3.41. The number of hydrogen-bond donors (Lipinski definition) is 0. The lowest BCUT2D eigenvalue weighted by molar-refractivity contribution is 0.149. The molecule has 0 aliphatic heterocycles. The minimum atomic E-state index is 0.322. The van der Waals surface area contributed by atoms with Crippen LogP contribution >= 0.6 is 0 Å². The van der Waals surface area contributed by atoms with Crippen LogP contribution < -0.4 is 9.47 Å². The Hall–Kier alpha value is -6.26. The standard InChI is InChI=1S/C51H40N2O2/c1-54-34-24-20-31(21-25-34)37-28-29-38(32-22-26-35(55-2)27-23-32)49-48(37)52-50-41-15-7-5-13-39(41)45-43-17-9-11-33-19-18-30-10-3-4-12-36(30)44(33)47(43)46(45)40-14-6-8-16-42(40)51(50)53-49/h3-8,10,12-16,18-29,43,45-47H,9,11,17H2,1-2H3. The highest BCUT2D eigenvalue weighted by Crippen LogP contribution is 2.68. The van der Waals surface area contributed by atoms with Gasteiger partial charge in [0.1, 0.15) is 11.5 Å². The lowest BCUT2D eigenvalue weighted by Gasteiger charge is -2.55. The summed E-state index contributed by atoms with van der Waals surface area (Å²) in [6.07, 6.45) is 3.56. The molecule has 4 atom stereocenters. The summed E-state index contributed by atoms with van der Waals surface area (Å²) in [6, 6.07) is 53.0. The zero-order valence-corrected chi connectivity index (χ0v) is 31.0. The first-order valence-corrected chi connectivity index (χ1v) is 19.5. The molecule has 4 heteroatoms. The van der Waals surface area contributed by atoms with Crippen LogP contribution in [0.25, 0.3) is 66.6 Å². The van der Waals surface area contributed by atoms with Crippen molar-refractivity contribution < 1.29 is 9.47 Å². The smallest absolute Gasteiger partial charge is 0.118 e. The Morgan fingerprint density at radius 1 is 0.491 bits per heavy atom. The molecule has 11 rings (SSSR count). The predicted octanol–water partition coefficient (Wildman–Crippen LogP) is 12.4. The maximum absolute atomic E-state index is 5.78. The van der Waals surface area contributed by atoms with Gasteiger partial charge in [-0.05, 0) is 111 Å². The van der Waals surface area contributed by atoms with Gasteiger partial charge in [0.15, 0.2) is 0 Å². The van der Waals surface area contributed by atoms with Crippen molar-refractivity contribution in [3.05, 3.63) is 168 Å². The van der Waals surface area contributed by atoms with Gasteiger partial charge in [0.2, 0.25) is 0 Å². The van der Waals surface area contributed by atoms with Gasteiger partial charge in [-0.25, -0.2) is 9.97 Å². The highest BCUT2D eigenvalue weighted by Gasteiger charge is 2.55. The molecule has 4 unspecified atom stereocenters. The Bertz CT molecular complexity index is 2790. The second-order valence-corrected chi connectivity index (χ2v) is 15.4. The van der Waals surface area contributed by atoms with E-state index in [4.69, 9.17) is 19.4 Å². The van der Waals surface area contributed by atoms with Gasteiger partial charge in [-0.3, -0.25) is 0 Å². The number of ether oxygens (including phenoxy) is 2. The minimum absolute atomic E-state index is 0.322. The molecule has 3 aliphatic carbocycles. The van der Waals surface area contributed by atoms with Gasteiger partial charge in [-0.2, -0.15) is 0 Å². The average Bonchev–Trinajstić information content (AvgIpc) is 3.40. The van der Waals surface area contributed by atoms with Crippen molar-refractivity contribution in [3.8, 4) is 56.3 Å². The Labute approximate surface area is 321 Å². The molecule has 266 valence electrons. The first-order chi connectivity index (χ1) is 27.2. The van der Waals surface area contributed by atoms with E-state index in [1.54, 1.807) is 19.8 Å². The molecule has 0 amide bonds. The molecule has 0 bridgehead atoms. The fraction of sp³-hybridized carbons (Fsp3) is 0.176. The van der Waals surface area contributed by atoms with Crippen LogP contribution in [0.5, 0.6) is 11.5 Å². The highest BCUT2D eigenvalue weighted by atomic mass is 16.5. The van der Waals surface area contributed by atoms with E-state index in [-0.39, 0.29) is 0 Å². The molecule has 0 spiro atoms. The highest BCUT2D eigenvalue weighted by molar-refractivity contribution is 6.03. The van der Waals surface area contributed by atoms with Crippen LogP contribution in [-0.4, -0.2) is 24.2 Å².